The van der Waals surface area contributed by atoms with Gasteiger partial charge >= 0.3 is 0 Å². The lowest BCUT2D eigenvalue weighted by atomic mass is 9.86. The van der Waals surface area contributed by atoms with Crippen LogP contribution >= 0.6 is 0 Å². The molecular weight excluding hydrogens is 172 g/mol. The van der Waals surface area contributed by atoms with Crippen molar-refractivity contribution in [3.8, 4) is 0 Å². The van der Waals surface area contributed by atoms with Crippen LogP contribution in [0.2, 0.25) is 0 Å². The van der Waals surface area contributed by atoms with Crippen molar-refractivity contribution in [3.63, 3.8) is 0 Å². The Morgan fingerprint density at radius 2 is 1.67 bits per heavy atom. The first-order chi connectivity index (χ1) is 5.10. The lowest BCUT2D eigenvalue weighted by Crippen LogP contribution is -2.18. The minimum Gasteiger partial charge on any atom is -0.229 e. The van der Waals surface area contributed by atoms with Crippen LogP contribution in [0.15, 0.2) is 0 Å². The molecule has 0 N–H and O–H groups in total. The number of rotatable bonds is 3. The van der Waals surface area contributed by atoms with E-state index in [0.717, 1.165) is 6.42 Å². The van der Waals surface area contributed by atoms with Crippen molar-refractivity contribution in [2.24, 2.45) is 11.3 Å². The van der Waals surface area contributed by atoms with E-state index in [1.807, 2.05) is 6.92 Å². The molecule has 0 amide bonds. The molecule has 0 radical (unpaired) electrons. The van der Waals surface area contributed by atoms with Gasteiger partial charge in [0.1, 0.15) is 9.84 Å². The molecule has 0 aromatic heterocycles. The molecule has 0 aromatic rings. The Morgan fingerprint density at radius 1 is 1.25 bits per heavy atom. The zero-order valence-corrected chi connectivity index (χ0v) is 9.53. The van der Waals surface area contributed by atoms with E-state index in [0.29, 0.717) is 5.75 Å². The predicted octanol–water partition coefficient (Wildman–Crippen LogP) is 2.10. The second kappa shape index (κ2) is 3.77. The average molecular weight is 192 g/mol. The first-order valence-electron chi connectivity index (χ1n) is 4.28. The highest BCUT2D eigenvalue weighted by Gasteiger charge is 2.18. The number of hydrogen-bond donors (Lipinski definition) is 0. The SMILES string of the molecule is C[C@@H](CC(C)(C)C)CS(C)(=O)=O. The third-order valence-corrected chi connectivity index (χ3v) is 2.72. The first kappa shape index (κ1) is 11.9. The molecule has 0 aliphatic rings. The summed E-state index contributed by atoms with van der Waals surface area (Å²) in [6, 6.07) is 0. The van der Waals surface area contributed by atoms with Crippen molar-refractivity contribution in [1.29, 1.82) is 0 Å². The van der Waals surface area contributed by atoms with E-state index in [2.05, 4.69) is 20.8 Å². The topological polar surface area (TPSA) is 34.1 Å². The zero-order chi connectivity index (χ0) is 9.99. The monoisotopic (exact) mass is 192 g/mol. The summed E-state index contributed by atoms with van der Waals surface area (Å²) in [6.45, 7) is 8.38. The predicted molar refractivity (Wildman–Crippen MR) is 52.9 cm³/mol. The van der Waals surface area contributed by atoms with Crippen LogP contribution < -0.4 is 0 Å². The van der Waals surface area contributed by atoms with Crippen molar-refractivity contribution in [1.82, 2.24) is 0 Å². The third-order valence-electron chi connectivity index (χ3n) is 1.55. The molecule has 0 saturated heterocycles. The van der Waals surface area contributed by atoms with Gasteiger partial charge in [-0.15, -0.1) is 0 Å². The lowest BCUT2D eigenvalue weighted by molar-refractivity contribution is 0.321. The lowest BCUT2D eigenvalue weighted by Gasteiger charge is -2.22. The molecular formula is C9H20O2S. The van der Waals surface area contributed by atoms with E-state index in [1.165, 1.54) is 6.26 Å². The summed E-state index contributed by atoms with van der Waals surface area (Å²) in [6.07, 6.45) is 2.26. The van der Waals surface area contributed by atoms with Gasteiger partial charge in [-0.1, -0.05) is 27.7 Å². The average Bonchev–Trinajstić information content (AvgIpc) is 1.49. The van der Waals surface area contributed by atoms with Gasteiger partial charge < -0.3 is 0 Å². The number of hydrogen-bond acceptors (Lipinski definition) is 2. The summed E-state index contributed by atoms with van der Waals surface area (Å²) in [4.78, 5) is 0. The van der Waals surface area contributed by atoms with Gasteiger partial charge in [0.15, 0.2) is 0 Å². The summed E-state index contributed by atoms with van der Waals surface area (Å²) in [5, 5.41) is 0. The Kier molecular flexibility index (Phi) is 3.76. The quantitative estimate of drug-likeness (QED) is 0.686. The Labute approximate surface area is 76.3 Å². The van der Waals surface area contributed by atoms with Crippen LogP contribution in [0.25, 0.3) is 0 Å². The van der Waals surface area contributed by atoms with Gasteiger partial charge in [0, 0.05) is 6.26 Å². The maximum atomic E-state index is 10.9. The van der Waals surface area contributed by atoms with E-state index in [1.54, 1.807) is 0 Å². The summed E-state index contributed by atoms with van der Waals surface area (Å²) >= 11 is 0. The Bertz CT molecular complexity index is 221. The normalized spacial score (nSPS) is 16.1. The fraction of sp³-hybridized carbons (Fsp3) is 1.00. The molecule has 0 unspecified atom stereocenters. The highest BCUT2D eigenvalue weighted by atomic mass is 32.2. The highest BCUT2D eigenvalue weighted by molar-refractivity contribution is 7.90. The summed E-state index contributed by atoms with van der Waals surface area (Å²) in [5.41, 5.74) is 0.226. The molecule has 2 nitrogen and oxygen atoms in total. The molecule has 0 fully saturated rings. The maximum Gasteiger partial charge on any atom is 0.147 e. The van der Waals surface area contributed by atoms with E-state index in [4.69, 9.17) is 0 Å². The smallest absolute Gasteiger partial charge is 0.147 e. The fourth-order valence-electron chi connectivity index (χ4n) is 1.62. The molecule has 0 saturated carbocycles. The first-order valence-corrected chi connectivity index (χ1v) is 6.34. The minimum absolute atomic E-state index is 0.226. The van der Waals surface area contributed by atoms with Crippen LogP contribution in [-0.2, 0) is 9.84 Å². The molecule has 0 heterocycles. The van der Waals surface area contributed by atoms with Gasteiger partial charge in [0.2, 0.25) is 0 Å². The summed E-state index contributed by atoms with van der Waals surface area (Å²) in [5.74, 6) is 0.574. The Hall–Kier alpha value is -0.0500. The fourth-order valence-corrected chi connectivity index (χ4v) is 2.77. The molecule has 0 aliphatic heterocycles. The maximum absolute atomic E-state index is 10.9. The van der Waals surface area contributed by atoms with Crippen LogP contribution in [0.1, 0.15) is 34.1 Å². The highest BCUT2D eigenvalue weighted by Crippen LogP contribution is 2.24. The molecule has 0 spiro atoms. The third kappa shape index (κ3) is 8.05. The van der Waals surface area contributed by atoms with E-state index < -0.39 is 9.84 Å². The molecule has 12 heavy (non-hydrogen) atoms. The molecule has 3 heteroatoms. The second-order valence-corrected chi connectivity index (χ2v) is 7.15. The van der Waals surface area contributed by atoms with Crippen molar-refractivity contribution in [3.05, 3.63) is 0 Å². The van der Waals surface area contributed by atoms with Gasteiger partial charge in [-0.25, -0.2) is 8.42 Å². The van der Waals surface area contributed by atoms with Crippen LogP contribution in [0, 0.1) is 11.3 Å². The summed E-state index contributed by atoms with van der Waals surface area (Å²) < 4.78 is 21.9. The molecule has 0 rings (SSSR count). The van der Waals surface area contributed by atoms with Gasteiger partial charge in [-0.05, 0) is 17.8 Å². The minimum atomic E-state index is -2.80. The molecule has 0 aromatic carbocycles. The largest absolute Gasteiger partial charge is 0.229 e. The van der Waals surface area contributed by atoms with Gasteiger partial charge in [0.25, 0.3) is 0 Å². The van der Waals surface area contributed by atoms with Gasteiger partial charge in [0.05, 0.1) is 5.75 Å². The van der Waals surface area contributed by atoms with E-state index in [-0.39, 0.29) is 11.3 Å². The molecule has 74 valence electrons. The van der Waals surface area contributed by atoms with Crippen LogP contribution in [0.5, 0.6) is 0 Å². The van der Waals surface area contributed by atoms with Gasteiger partial charge in [-0.3, -0.25) is 0 Å². The van der Waals surface area contributed by atoms with Crippen molar-refractivity contribution in [2.45, 2.75) is 34.1 Å². The van der Waals surface area contributed by atoms with Crippen molar-refractivity contribution >= 4 is 9.84 Å². The van der Waals surface area contributed by atoms with Crippen LogP contribution in [0.3, 0.4) is 0 Å². The van der Waals surface area contributed by atoms with Gasteiger partial charge in [-0.2, -0.15) is 0 Å². The Balaban J connectivity index is 4.00. The molecule has 0 aliphatic carbocycles. The van der Waals surface area contributed by atoms with Crippen LogP contribution in [0.4, 0.5) is 0 Å². The molecule has 0 bridgehead atoms. The summed E-state index contributed by atoms with van der Waals surface area (Å²) in [7, 11) is -2.80. The van der Waals surface area contributed by atoms with Crippen molar-refractivity contribution < 1.29 is 8.42 Å². The second-order valence-electron chi connectivity index (χ2n) is 4.96. The Morgan fingerprint density at radius 3 is 1.92 bits per heavy atom. The van der Waals surface area contributed by atoms with E-state index >= 15 is 0 Å². The standard InChI is InChI=1S/C9H20O2S/c1-8(6-9(2,3)4)7-12(5,10)11/h8H,6-7H2,1-5H3/t8-/m0/s1. The van der Waals surface area contributed by atoms with Crippen molar-refractivity contribution in [2.75, 3.05) is 12.0 Å². The van der Waals surface area contributed by atoms with Crippen LogP contribution in [-0.4, -0.2) is 20.4 Å². The molecule has 1 atom stereocenters. The van der Waals surface area contributed by atoms with E-state index in [9.17, 15) is 8.42 Å². The zero-order valence-electron chi connectivity index (χ0n) is 8.72. The number of sulfone groups is 1.